The lowest BCUT2D eigenvalue weighted by molar-refractivity contribution is 0.295. The SMILES string of the molecule is CSc1c(Br)cccc1OC1CC1. The molecule has 0 radical (unpaired) electrons. The Morgan fingerprint density at radius 2 is 2.23 bits per heavy atom. The average molecular weight is 259 g/mol. The van der Waals surface area contributed by atoms with E-state index in [0.29, 0.717) is 6.10 Å². The summed E-state index contributed by atoms with van der Waals surface area (Å²) in [6.45, 7) is 0. The van der Waals surface area contributed by atoms with E-state index >= 15 is 0 Å². The predicted octanol–water partition coefficient (Wildman–Crippen LogP) is 3.71. The summed E-state index contributed by atoms with van der Waals surface area (Å²) in [5.74, 6) is 1.02. The Kier molecular flexibility index (Phi) is 2.84. The van der Waals surface area contributed by atoms with E-state index in [1.165, 1.54) is 17.7 Å². The highest BCUT2D eigenvalue weighted by molar-refractivity contribution is 9.10. The smallest absolute Gasteiger partial charge is 0.134 e. The molecule has 1 saturated carbocycles. The third-order valence-corrected chi connectivity index (χ3v) is 3.71. The Bertz CT molecular complexity index is 310. The molecule has 0 saturated heterocycles. The van der Waals surface area contributed by atoms with Gasteiger partial charge in [0.2, 0.25) is 0 Å². The van der Waals surface area contributed by atoms with Gasteiger partial charge in [0.25, 0.3) is 0 Å². The average Bonchev–Trinajstić information content (AvgIpc) is 2.89. The van der Waals surface area contributed by atoms with Gasteiger partial charge in [-0.3, -0.25) is 0 Å². The zero-order chi connectivity index (χ0) is 9.26. The van der Waals surface area contributed by atoms with Gasteiger partial charge in [-0.15, -0.1) is 11.8 Å². The molecule has 1 fully saturated rings. The quantitative estimate of drug-likeness (QED) is 0.765. The Labute approximate surface area is 91.0 Å². The highest BCUT2D eigenvalue weighted by atomic mass is 79.9. The van der Waals surface area contributed by atoms with Crippen LogP contribution in [-0.4, -0.2) is 12.4 Å². The maximum absolute atomic E-state index is 5.78. The van der Waals surface area contributed by atoms with Crippen LogP contribution in [0.3, 0.4) is 0 Å². The molecule has 0 heterocycles. The first kappa shape index (κ1) is 9.41. The van der Waals surface area contributed by atoms with Gasteiger partial charge < -0.3 is 4.74 Å². The van der Waals surface area contributed by atoms with E-state index in [0.717, 1.165) is 10.2 Å². The Morgan fingerprint density at radius 1 is 1.46 bits per heavy atom. The standard InChI is InChI=1S/C10H11BrOS/c1-13-10-8(11)3-2-4-9(10)12-7-5-6-7/h2-4,7H,5-6H2,1H3. The molecule has 0 spiro atoms. The van der Waals surface area contributed by atoms with Crippen molar-refractivity contribution in [3.05, 3.63) is 22.7 Å². The van der Waals surface area contributed by atoms with Gasteiger partial charge in [-0.1, -0.05) is 6.07 Å². The fourth-order valence-corrected chi connectivity index (χ4v) is 2.56. The number of hydrogen-bond acceptors (Lipinski definition) is 2. The Hall–Kier alpha value is -0.150. The topological polar surface area (TPSA) is 9.23 Å². The Balaban J connectivity index is 2.25. The zero-order valence-corrected chi connectivity index (χ0v) is 9.82. The van der Waals surface area contributed by atoms with Crippen LogP contribution >= 0.6 is 27.7 Å². The van der Waals surface area contributed by atoms with Crippen LogP contribution in [0.1, 0.15) is 12.8 Å². The fourth-order valence-electron chi connectivity index (χ4n) is 1.15. The Morgan fingerprint density at radius 3 is 2.85 bits per heavy atom. The maximum Gasteiger partial charge on any atom is 0.134 e. The molecular formula is C10H11BrOS. The molecule has 1 nitrogen and oxygen atoms in total. The first-order chi connectivity index (χ1) is 6.31. The second-order valence-corrected chi connectivity index (χ2v) is 4.76. The molecule has 0 aliphatic heterocycles. The largest absolute Gasteiger partial charge is 0.489 e. The molecule has 1 aliphatic rings. The summed E-state index contributed by atoms with van der Waals surface area (Å²) in [5.41, 5.74) is 0. The van der Waals surface area contributed by atoms with Crippen molar-refractivity contribution in [3.8, 4) is 5.75 Å². The van der Waals surface area contributed by atoms with Crippen molar-refractivity contribution >= 4 is 27.7 Å². The minimum Gasteiger partial charge on any atom is -0.489 e. The van der Waals surface area contributed by atoms with Crippen molar-refractivity contribution in [2.45, 2.75) is 23.8 Å². The van der Waals surface area contributed by atoms with Crippen LogP contribution in [0.2, 0.25) is 0 Å². The molecule has 0 N–H and O–H groups in total. The van der Waals surface area contributed by atoms with Crippen molar-refractivity contribution in [2.24, 2.45) is 0 Å². The van der Waals surface area contributed by atoms with Crippen LogP contribution in [-0.2, 0) is 0 Å². The third kappa shape index (κ3) is 2.20. The van der Waals surface area contributed by atoms with Gasteiger partial charge in [-0.05, 0) is 47.2 Å². The molecule has 0 aromatic heterocycles. The summed E-state index contributed by atoms with van der Waals surface area (Å²) in [6.07, 6.45) is 4.96. The van der Waals surface area contributed by atoms with Crippen molar-refractivity contribution in [2.75, 3.05) is 6.26 Å². The van der Waals surface area contributed by atoms with E-state index in [1.807, 2.05) is 18.2 Å². The van der Waals surface area contributed by atoms with Crippen LogP contribution in [0.4, 0.5) is 0 Å². The predicted molar refractivity (Wildman–Crippen MR) is 59.6 cm³/mol. The molecule has 1 aromatic rings. The lowest BCUT2D eigenvalue weighted by Gasteiger charge is -2.09. The summed E-state index contributed by atoms with van der Waals surface area (Å²) in [7, 11) is 0. The summed E-state index contributed by atoms with van der Waals surface area (Å²) < 4.78 is 6.90. The molecule has 0 unspecified atom stereocenters. The minimum atomic E-state index is 0.472. The summed E-state index contributed by atoms with van der Waals surface area (Å²) in [6, 6.07) is 6.10. The molecule has 2 rings (SSSR count). The molecule has 70 valence electrons. The van der Waals surface area contributed by atoms with Gasteiger partial charge in [0.1, 0.15) is 5.75 Å². The van der Waals surface area contributed by atoms with E-state index in [9.17, 15) is 0 Å². The zero-order valence-electron chi connectivity index (χ0n) is 7.42. The molecular weight excluding hydrogens is 248 g/mol. The van der Waals surface area contributed by atoms with Crippen LogP contribution in [0.15, 0.2) is 27.6 Å². The first-order valence-corrected chi connectivity index (χ1v) is 6.32. The number of benzene rings is 1. The first-order valence-electron chi connectivity index (χ1n) is 4.30. The molecule has 0 atom stereocenters. The van der Waals surface area contributed by atoms with E-state index in [1.54, 1.807) is 11.8 Å². The van der Waals surface area contributed by atoms with E-state index < -0.39 is 0 Å². The fraction of sp³-hybridized carbons (Fsp3) is 0.400. The number of ether oxygens (including phenoxy) is 1. The monoisotopic (exact) mass is 258 g/mol. The van der Waals surface area contributed by atoms with Gasteiger partial charge in [-0.25, -0.2) is 0 Å². The second kappa shape index (κ2) is 3.93. The van der Waals surface area contributed by atoms with Crippen molar-refractivity contribution < 1.29 is 4.74 Å². The lowest BCUT2D eigenvalue weighted by Crippen LogP contribution is -1.97. The normalized spacial score (nSPS) is 15.8. The van der Waals surface area contributed by atoms with E-state index in [-0.39, 0.29) is 0 Å². The van der Waals surface area contributed by atoms with Gasteiger partial charge in [0.05, 0.1) is 11.0 Å². The van der Waals surface area contributed by atoms with Crippen LogP contribution in [0.5, 0.6) is 5.75 Å². The summed E-state index contributed by atoms with van der Waals surface area (Å²) >= 11 is 5.24. The number of rotatable bonds is 3. The molecule has 0 bridgehead atoms. The summed E-state index contributed by atoms with van der Waals surface area (Å²) in [5, 5.41) is 0. The number of thioether (sulfide) groups is 1. The van der Waals surface area contributed by atoms with Crippen molar-refractivity contribution in [1.29, 1.82) is 0 Å². The van der Waals surface area contributed by atoms with Crippen LogP contribution < -0.4 is 4.74 Å². The second-order valence-electron chi connectivity index (χ2n) is 3.09. The van der Waals surface area contributed by atoms with Gasteiger partial charge in [0.15, 0.2) is 0 Å². The summed E-state index contributed by atoms with van der Waals surface area (Å²) in [4.78, 5) is 1.20. The highest BCUT2D eigenvalue weighted by Gasteiger charge is 2.24. The van der Waals surface area contributed by atoms with Crippen molar-refractivity contribution in [1.82, 2.24) is 0 Å². The highest BCUT2D eigenvalue weighted by Crippen LogP contribution is 2.37. The van der Waals surface area contributed by atoms with Gasteiger partial charge in [0, 0.05) is 4.47 Å². The van der Waals surface area contributed by atoms with Crippen LogP contribution in [0, 0.1) is 0 Å². The van der Waals surface area contributed by atoms with Gasteiger partial charge in [-0.2, -0.15) is 0 Å². The number of hydrogen-bond donors (Lipinski definition) is 0. The van der Waals surface area contributed by atoms with E-state index in [2.05, 4.69) is 22.2 Å². The number of halogens is 1. The van der Waals surface area contributed by atoms with Gasteiger partial charge >= 0.3 is 0 Å². The molecule has 1 aliphatic carbocycles. The minimum absolute atomic E-state index is 0.472. The molecule has 3 heteroatoms. The third-order valence-electron chi connectivity index (χ3n) is 1.95. The van der Waals surface area contributed by atoms with E-state index in [4.69, 9.17) is 4.74 Å². The molecule has 13 heavy (non-hydrogen) atoms. The van der Waals surface area contributed by atoms with Crippen molar-refractivity contribution in [3.63, 3.8) is 0 Å². The lowest BCUT2D eigenvalue weighted by atomic mass is 10.3. The maximum atomic E-state index is 5.78. The van der Waals surface area contributed by atoms with Crippen LogP contribution in [0.25, 0.3) is 0 Å². The molecule has 0 amide bonds. The molecule has 1 aromatic carbocycles.